The molecular formula is C36H87N3O3. The van der Waals surface area contributed by atoms with Gasteiger partial charge in [0.2, 0.25) is 0 Å². The lowest BCUT2D eigenvalue weighted by Gasteiger charge is -2.38. The molecule has 6 nitrogen and oxygen atoms in total. The van der Waals surface area contributed by atoms with E-state index in [9.17, 15) is 0 Å². The van der Waals surface area contributed by atoms with Gasteiger partial charge in [-0.05, 0) is 77.0 Å². The molecule has 0 fully saturated rings. The summed E-state index contributed by atoms with van der Waals surface area (Å²) in [5.74, 6) is 0. The molecule has 42 heavy (non-hydrogen) atoms. The average Bonchev–Trinajstić information content (AvgIpc) is 2.87. The van der Waals surface area contributed by atoms with Crippen molar-refractivity contribution in [3.05, 3.63) is 0 Å². The van der Waals surface area contributed by atoms with Gasteiger partial charge in [-0.3, -0.25) is 0 Å². The molecule has 0 heterocycles. The Hall–Kier alpha value is -0.240. The highest BCUT2D eigenvalue weighted by Crippen LogP contribution is 2.14. The first-order valence-electron chi connectivity index (χ1n) is 18.3. The minimum absolute atomic E-state index is 0. The maximum atomic E-state index is 2.31. The van der Waals surface area contributed by atoms with E-state index in [2.05, 4.69) is 83.1 Å². The summed E-state index contributed by atoms with van der Waals surface area (Å²) < 4.78 is 4.12. The molecule has 0 aromatic rings. The van der Waals surface area contributed by atoms with Gasteiger partial charge in [-0.15, -0.1) is 0 Å². The topological polar surface area (TPSA) is 90.0 Å². The summed E-state index contributed by atoms with van der Waals surface area (Å²) in [7, 11) is 0. The SMILES string of the molecule is CCC[N+](CCC)(CCC)CCC.CCC[N+](CCC)(CCC)CCC.CCC[N+](CCC)(CCC)CCC.[OH-].[OH-].[OH-]. The Morgan fingerprint density at radius 3 is 0.310 bits per heavy atom. The fourth-order valence-corrected chi connectivity index (χ4v) is 7.70. The van der Waals surface area contributed by atoms with E-state index >= 15 is 0 Å². The Morgan fingerprint density at radius 1 is 0.190 bits per heavy atom. The van der Waals surface area contributed by atoms with Crippen LogP contribution in [-0.4, -0.2) is 108 Å². The van der Waals surface area contributed by atoms with Crippen molar-refractivity contribution in [2.24, 2.45) is 0 Å². The smallest absolute Gasteiger partial charge is 0.0783 e. The molecule has 6 heteroatoms. The average molecular weight is 610 g/mol. The number of hydrogen-bond acceptors (Lipinski definition) is 3. The van der Waals surface area contributed by atoms with Gasteiger partial charge < -0.3 is 29.9 Å². The second-order valence-corrected chi connectivity index (χ2v) is 12.7. The number of hydrogen-bond donors (Lipinski definition) is 0. The molecule has 0 saturated heterocycles. The summed E-state index contributed by atoms with van der Waals surface area (Å²) in [5, 5.41) is 0. The van der Waals surface area contributed by atoms with Gasteiger partial charge in [-0.1, -0.05) is 83.1 Å². The predicted molar refractivity (Wildman–Crippen MR) is 188 cm³/mol. The number of quaternary nitrogens is 3. The zero-order valence-electron chi connectivity index (χ0n) is 31.7. The van der Waals surface area contributed by atoms with Crippen molar-refractivity contribution in [2.45, 2.75) is 160 Å². The largest absolute Gasteiger partial charge is 0.870 e. The third kappa shape index (κ3) is 26.2. The van der Waals surface area contributed by atoms with Crippen LogP contribution in [0, 0.1) is 0 Å². The van der Waals surface area contributed by atoms with Gasteiger partial charge in [0.05, 0.1) is 78.5 Å². The van der Waals surface area contributed by atoms with Crippen molar-refractivity contribution < 1.29 is 29.9 Å². The fourth-order valence-electron chi connectivity index (χ4n) is 7.70. The molecule has 0 saturated carbocycles. The second kappa shape index (κ2) is 36.9. The Kier molecular flexibility index (Phi) is 47.7. The van der Waals surface area contributed by atoms with Gasteiger partial charge in [0, 0.05) is 0 Å². The van der Waals surface area contributed by atoms with Crippen molar-refractivity contribution in [3.63, 3.8) is 0 Å². The minimum Gasteiger partial charge on any atom is -0.870 e. The summed E-state index contributed by atoms with van der Waals surface area (Å²) in [4.78, 5) is 0. The molecule has 0 aliphatic carbocycles. The first-order chi connectivity index (χ1) is 18.7. The van der Waals surface area contributed by atoms with E-state index in [0.29, 0.717) is 0 Å². The maximum Gasteiger partial charge on any atom is 0.0783 e. The van der Waals surface area contributed by atoms with Crippen molar-refractivity contribution in [2.75, 3.05) is 78.5 Å². The third-order valence-corrected chi connectivity index (χ3v) is 8.38. The van der Waals surface area contributed by atoms with Crippen LogP contribution >= 0.6 is 0 Å². The van der Waals surface area contributed by atoms with Gasteiger partial charge >= 0.3 is 0 Å². The predicted octanol–water partition coefficient (Wildman–Crippen LogP) is 9.80. The first-order valence-corrected chi connectivity index (χ1v) is 18.3. The van der Waals surface area contributed by atoms with Crippen LogP contribution < -0.4 is 0 Å². The lowest BCUT2D eigenvalue weighted by molar-refractivity contribution is -0.928. The van der Waals surface area contributed by atoms with Gasteiger partial charge in [0.1, 0.15) is 0 Å². The zero-order chi connectivity index (χ0) is 30.5. The van der Waals surface area contributed by atoms with Crippen molar-refractivity contribution in [3.8, 4) is 0 Å². The highest BCUT2D eigenvalue weighted by Gasteiger charge is 2.24. The van der Waals surface area contributed by atoms with Crippen LogP contribution in [-0.2, 0) is 0 Å². The molecule has 0 rings (SSSR count). The van der Waals surface area contributed by atoms with E-state index < -0.39 is 0 Å². The Balaban J connectivity index is -0.000000112. The quantitative estimate of drug-likeness (QED) is 0.102. The van der Waals surface area contributed by atoms with Crippen LogP contribution in [0.2, 0.25) is 0 Å². The maximum absolute atomic E-state index is 2.31. The monoisotopic (exact) mass is 610 g/mol. The Labute approximate surface area is 268 Å². The highest BCUT2D eigenvalue weighted by atomic mass is 16.0. The molecule has 0 radical (unpaired) electrons. The Bertz CT molecular complexity index is 323. The summed E-state index contributed by atoms with van der Waals surface area (Å²) in [6.07, 6.45) is 16.0. The molecular weight excluding hydrogens is 522 g/mol. The molecule has 0 aromatic heterocycles. The van der Waals surface area contributed by atoms with Crippen LogP contribution in [0.4, 0.5) is 0 Å². The van der Waals surface area contributed by atoms with E-state index in [4.69, 9.17) is 0 Å². The number of rotatable bonds is 24. The van der Waals surface area contributed by atoms with E-state index in [1.165, 1.54) is 169 Å². The van der Waals surface area contributed by atoms with Gasteiger partial charge in [-0.2, -0.15) is 0 Å². The van der Waals surface area contributed by atoms with Crippen LogP contribution in [0.1, 0.15) is 160 Å². The summed E-state index contributed by atoms with van der Waals surface area (Å²) in [6.45, 7) is 44.4. The van der Waals surface area contributed by atoms with E-state index in [-0.39, 0.29) is 16.4 Å². The third-order valence-electron chi connectivity index (χ3n) is 8.38. The molecule has 0 atom stereocenters. The van der Waals surface area contributed by atoms with Crippen molar-refractivity contribution >= 4 is 0 Å². The molecule has 0 aromatic carbocycles. The summed E-state index contributed by atoms with van der Waals surface area (Å²) in [6, 6.07) is 0. The molecule has 0 amide bonds. The molecule has 0 aliphatic rings. The summed E-state index contributed by atoms with van der Waals surface area (Å²) >= 11 is 0. The van der Waals surface area contributed by atoms with Gasteiger partial charge in [0.25, 0.3) is 0 Å². The highest BCUT2D eigenvalue weighted by molar-refractivity contribution is 4.46. The van der Waals surface area contributed by atoms with Crippen molar-refractivity contribution in [1.82, 2.24) is 0 Å². The molecule has 0 bridgehead atoms. The van der Waals surface area contributed by atoms with Crippen LogP contribution in [0.3, 0.4) is 0 Å². The lowest BCUT2D eigenvalue weighted by Crippen LogP contribution is -2.50. The fraction of sp³-hybridized carbons (Fsp3) is 1.00. The first kappa shape index (κ1) is 54.3. The normalized spacial score (nSPS) is 11.1. The minimum atomic E-state index is 0. The molecule has 0 spiro atoms. The van der Waals surface area contributed by atoms with Gasteiger partial charge in [0.15, 0.2) is 0 Å². The second-order valence-electron chi connectivity index (χ2n) is 12.7. The van der Waals surface area contributed by atoms with Crippen LogP contribution in [0.15, 0.2) is 0 Å². The molecule has 0 aliphatic heterocycles. The van der Waals surface area contributed by atoms with Gasteiger partial charge in [-0.25, -0.2) is 0 Å². The lowest BCUT2D eigenvalue weighted by atomic mass is 10.2. The van der Waals surface area contributed by atoms with Crippen LogP contribution in [0.25, 0.3) is 0 Å². The number of nitrogens with zero attached hydrogens (tertiary/aromatic N) is 3. The Morgan fingerprint density at radius 2 is 0.262 bits per heavy atom. The zero-order valence-corrected chi connectivity index (χ0v) is 31.7. The molecule has 264 valence electrons. The van der Waals surface area contributed by atoms with E-state index in [1.807, 2.05) is 0 Å². The van der Waals surface area contributed by atoms with Crippen molar-refractivity contribution in [1.29, 1.82) is 0 Å². The van der Waals surface area contributed by atoms with E-state index in [0.717, 1.165) is 0 Å². The standard InChI is InChI=1S/3C12H28N.3H2O/c3*1-5-9-13(10-6-2,11-7-3)12-8-4;;;/h3*5-12H2,1-4H3;3*1H2/q3*+1;;;/p-3. The van der Waals surface area contributed by atoms with E-state index in [1.54, 1.807) is 0 Å². The molecule has 3 N–H and O–H groups in total. The molecule has 0 unspecified atom stereocenters. The summed E-state index contributed by atoms with van der Waals surface area (Å²) in [5.41, 5.74) is 0. The van der Waals surface area contributed by atoms with Crippen LogP contribution in [0.5, 0.6) is 0 Å².